The number of nitrogens with one attached hydrogen (secondary N) is 1. The maximum atomic E-state index is 13.0. The minimum absolute atomic E-state index is 0.000942. The second-order valence-electron chi connectivity index (χ2n) is 4.70. The van der Waals surface area contributed by atoms with Crippen molar-refractivity contribution in [2.24, 2.45) is 0 Å². The fourth-order valence-electron chi connectivity index (χ4n) is 2.17. The van der Waals surface area contributed by atoms with Crippen LogP contribution < -0.4 is 10.1 Å². The first-order valence-electron chi connectivity index (χ1n) is 6.71. The van der Waals surface area contributed by atoms with Crippen LogP contribution in [0.15, 0.2) is 48.5 Å². The van der Waals surface area contributed by atoms with Crippen LogP contribution in [0.25, 0.3) is 0 Å². The Hall–Kier alpha value is -2.38. The van der Waals surface area contributed by atoms with Gasteiger partial charge < -0.3 is 4.74 Å². The highest BCUT2D eigenvalue weighted by Crippen LogP contribution is 2.21. The summed E-state index contributed by atoms with van der Waals surface area (Å²) in [5, 5.41) is 12.0. The molecule has 1 unspecified atom stereocenters. The van der Waals surface area contributed by atoms with Gasteiger partial charge in [-0.15, -0.1) is 0 Å². The van der Waals surface area contributed by atoms with E-state index in [0.717, 1.165) is 16.9 Å². The van der Waals surface area contributed by atoms with Crippen molar-refractivity contribution in [2.45, 2.75) is 12.5 Å². The van der Waals surface area contributed by atoms with Crippen LogP contribution in [0, 0.1) is 17.1 Å². The third-order valence-corrected chi connectivity index (χ3v) is 3.30. The molecule has 21 heavy (non-hydrogen) atoms. The molecule has 4 heteroatoms. The van der Waals surface area contributed by atoms with Gasteiger partial charge in [0.15, 0.2) is 0 Å². The number of rotatable bonds is 6. The third-order valence-electron chi connectivity index (χ3n) is 3.30. The predicted octanol–water partition coefficient (Wildman–Crippen LogP) is 3.23. The Morgan fingerprint density at radius 3 is 2.38 bits per heavy atom. The topological polar surface area (TPSA) is 45.0 Å². The largest absolute Gasteiger partial charge is 0.497 e. The van der Waals surface area contributed by atoms with Crippen molar-refractivity contribution in [3.8, 4) is 11.8 Å². The molecular weight excluding hydrogens is 267 g/mol. The zero-order valence-electron chi connectivity index (χ0n) is 11.8. The van der Waals surface area contributed by atoms with E-state index in [1.807, 2.05) is 24.3 Å². The lowest BCUT2D eigenvalue weighted by Gasteiger charge is -2.18. The van der Waals surface area contributed by atoms with E-state index < -0.39 is 0 Å². The summed E-state index contributed by atoms with van der Waals surface area (Å²) in [6, 6.07) is 16.2. The summed E-state index contributed by atoms with van der Waals surface area (Å²) in [5.41, 5.74) is 2.08. The summed E-state index contributed by atoms with van der Waals surface area (Å²) in [5.74, 6) is 0.546. The summed E-state index contributed by atoms with van der Waals surface area (Å²) < 4.78 is 18.1. The minimum atomic E-state index is -0.246. The minimum Gasteiger partial charge on any atom is -0.497 e. The van der Waals surface area contributed by atoms with Crippen LogP contribution in [0.1, 0.15) is 17.2 Å². The Labute approximate surface area is 124 Å². The Kier molecular flexibility index (Phi) is 5.30. The van der Waals surface area contributed by atoms with Gasteiger partial charge in [-0.3, -0.25) is 5.32 Å². The molecule has 0 aliphatic heterocycles. The second kappa shape index (κ2) is 7.41. The number of benzene rings is 2. The van der Waals surface area contributed by atoms with Gasteiger partial charge in [0.1, 0.15) is 11.6 Å². The molecule has 0 aliphatic carbocycles. The molecular formula is C17H17FN2O. The molecule has 0 saturated carbocycles. The molecule has 0 spiro atoms. The number of hydrogen-bond donors (Lipinski definition) is 1. The van der Waals surface area contributed by atoms with Gasteiger partial charge in [-0.1, -0.05) is 24.3 Å². The Morgan fingerprint density at radius 2 is 1.81 bits per heavy atom. The summed E-state index contributed by atoms with van der Waals surface area (Å²) in [6.07, 6.45) is 0.689. The first-order chi connectivity index (χ1) is 10.2. The van der Waals surface area contributed by atoms with E-state index in [2.05, 4.69) is 11.4 Å². The highest BCUT2D eigenvalue weighted by Gasteiger charge is 2.12. The van der Waals surface area contributed by atoms with Gasteiger partial charge in [-0.05, 0) is 41.8 Å². The normalized spacial score (nSPS) is 11.7. The summed E-state index contributed by atoms with van der Waals surface area (Å²) in [4.78, 5) is 0. The average Bonchev–Trinajstić information content (AvgIpc) is 2.53. The smallest absolute Gasteiger partial charge is 0.123 e. The fraction of sp³-hybridized carbons (Fsp3) is 0.235. The van der Waals surface area contributed by atoms with Crippen molar-refractivity contribution in [1.82, 2.24) is 5.32 Å². The molecule has 0 heterocycles. The molecule has 3 nitrogen and oxygen atoms in total. The van der Waals surface area contributed by atoms with Crippen molar-refractivity contribution in [1.29, 1.82) is 5.26 Å². The lowest BCUT2D eigenvalue weighted by atomic mass is 9.98. The molecule has 2 aromatic rings. The Bertz CT molecular complexity index is 602. The van der Waals surface area contributed by atoms with Crippen molar-refractivity contribution in [3.05, 3.63) is 65.5 Å². The lowest BCUT2D eigenvalue weighted by Crippen LogP contribution is -2.23. The summed E-state index contributed by atoms with van der Waals surface area (Å²) >= 11 is 0. The quantitative estimate of drug-likeness (QED) is 0.828. The maximum absolute atomic E-state index is 13.0. The summed E-state index contributed by atoms with van der Waals surface area (Å²) in [6.45, 7) is 0.262. The molecule has 0 aromatic heterocycles. The zero-order valence-corrected chi connectivity index (χ0v) is 11.8. The molecule has 1 N–H and O–H groups in total. The van der Waals surface area contributed by atoms with Crippen LogP contribution in [-0.4, -0.2) is 13.7 Å². The van der Waals surface area contributed by atoms with E-state index in [4.69, 9.17) is 10.00 Å². The summed E-state index contributed by atoms with van der Waals surface area (Å²) in [7, 11) is 1.62. The zero-order chi connectivity index (χ0) is 15.1. The van der Waals surface area contributed by atoms with Crippen LogP contribution in [0.5, 0.6) is 5.75 Å². The molecule has 0 aliphatic rings. The van der Waals surface area contributed by atoms with Gasteiger partial charge in [0.25, 0.3) is 0 Å². The van der Waals surface area contributed by atoms with Gasteiger partial charge in [0, 0.05) is 6.04 Å². The molecule has 0 radical (unpaired) electrons. The number of nitriles is 1. The van der Waals surface area contributed by atoms with Crippen molar-refractivity contribution in [3.63, 3.8) is 0 Å². The Balaban J connectivity index is 2.16. The van der Waals surface area contributed by atoms with E-state index in [0.29, 0.717) is 6.42 Å². The lowest BCUT2D eigenvalue weighted by molar-refractivity contribution is 0.414. The number of hydrogen-bond acceptors (Lipinski definition) is 3. The van der Waals surface area contributed by atoms with Crippen LogP contribution in [0.4, 0.5) is 4.39 Å². The van der Waals surface area contributed by atoms with E-state index >= 15 is 0 Å². The first-order valence-corrected chi connectivity index (χ1v) is 6.71. The third kappa shape index (κ3) is 4.30. The second-order valence-corrected chi connectivity index (χ2v) is 4.70. The van der Waals surface area contributed by atoms with Gasteiger partial charge in [-0.2, -0.15) is 5.26 Å². The van der Waals surface area contributed by atoms with Gasteiger partial charge in [0.2, 0.25) is 0 Å². The molecule has 0 saturated heterocycles. The SMILES string of the molecule is COc1ccc(C(Cc2ccc(F)cc2)NCC#N)cc1. The fourth-order valence-corrected chi connectivity index (χ4v) is 2.17. The van der Waals surface area contributed by atoms with Crippen LogP contribution >= 0.6 is 0 Å². The van der Waals surface area contributed by atoms with E-state index in [1.54, 1.807) is 19.2 Å². The monoisotopic (exact) mass is 284 g/mol. The first kappa shape index (κ1) is 15.0. The van der Waals surface area contributed by atoms with Crippen molar-refractivity contribution >= 4 is 0 Å². The molecule has 108 valence electrons. The Morgan fingerprint density at radius 1 is 1.14 bits per heavy atom. The standard InChI is InChI=1S/C17H17FN2O/c1-21-16-8-4-14(5-9-16)17(20-11-10-19)12-13-2-6-15(18)7-3-13/h2-9,17,20H,11-12H2,1H3. The average molecular weight is 284 g/mol. The number of ether oxygens (including phenoxy) is 1. The van der Waals surface area contributed by atoms with Crippen molar-refractivity contribution < 1.29 is 9.13 Å². The van der Waals surface area contributed by atoms with Gasteiger partial charge in [0.05, 0.1) is 19.7 Å². The van der Waals surface area contributed by atoms with E-state index in [-0.39, 0.29) is 18.4 Å². The number of nitrogens with zero attached hydrogens (tertiary/aromatic N) is 1. The van der Waals surface area contributed by atoms with Gasteiger partial charge >= 0.3 is 0 Å². The van der Waals surface area contributed by atoms with Crippen LogP contribution in [0.3, 0.4) is 0 Å². The highest BCUT2D eigenvalue weighted by atomic mass is 19.1. The maximum Gasteiger partial charge on any atom is 0.123 e. The molecule has 0 fully saturated rings. The number of methoxy groups -OCH3 is 1. The van der Waals surface area contributed by atoms with Gasteiger partial charge in [-0.25, -0.2) is 4.39 Å². The molecule has 0 bridgehead atoms. The van der Waals surface area contributed by atoms with Crippen molar-refractivity contribution in [2.75, 3.05) is 13.7 Å². The highest BCUT2D eigenvalue weighted by molar-refractivity contribution is 5.30. The molecule has 2 aromatic carbocycles. The van der Waals surface area contributed by atoms with Crippen LogP contribution in [-0.2, 0) is 6.42 Å². The predicted molar refractivity (Wildman–Crippen MR) is 79.5 cm³/mol. The van der Waals surface area contributed by atoms with E-state index in [9.17, 15) is 4.39 Å². The van der Waals surface area contributed by atoms with E-state index in [1.165, 1.54) is 12.1 Å². The molecule has 1 atom stereocenters. The molecule has 2 rings (SSSR count). The van der Waals surface area contributed by atoms with Crippen LogP contribution in [0.2, 0.25) is 0 Å². The molecule has 0 amide bonds. The number of halogens is 1.